The number of thiophene rings is 1. The average molecular weight is 260 g/mol. The normalized spacial score (nSPS) is 10.3. The SMILES string of the molecule is Cc1ccc(CNCc2cc(C#N)ccc2F)s1. The van der Waals surface area contributed by atoms with Crippen molar-refractivity contribution >= 4 is 11.3 Å². The van der Waals surface area contributed by atoms with Gasteiger partial charge in [-0.1, -0.05) is 0 Å². The van der Waals surface area contributed by atoms with Gasteiger partial charge >= 0.3 is 0 Å². The van der Waals surface area contributed by atoms with Crippen molar-refractivity contribution in [2.75, 3.05) is 0 Å². The molecule has 0 atom stereocenters. The lowest BCUT2D eigenvalue weighted by Crippen LogP contribution is -2.13. The molecular weight excluding hydrogens is 247 g/mol. The van der Waals surface area contributed by atoms with E-state index < -0.39 is 0 Å². The van der Waals surface area contributed by atoms with Crippen molar-refractivity contribution in [3.05, 3.63) is 57.0 Å². The van der Waals surface area contributed by atoms with Crippen LogP contribution in [0.2, 0.25) is 0 Å². The first-order valence-corrected chi connectivity index (χ1v) is 6.45. The van der Waals surface area contributed by atoms with Crippen LogP contribution in [0.15, 0.2) is 30.3 Å². The second kappa shape index (κ2) is 5.76. The predicted octanol–water partition coefficient (Wildman–Crippen LogP) is 3.36. The number of rotatable bonds is 4. The van der Waals surface area contributed by atoms with E-state index in [0.717, 1.165) is 0 Å². The summed E-state index contributed by atoms with van der Waals surface area (Å²) in [4.78, 5) is 2.49. The van der Waals surface area contributed by atoms with Gasteiger partial charge in [0, 0.05) is 28.4 Å². The molecule has 0 amide bonds. The van der Waals surface area contributed by atoms with Crippen LogP contribution >= 0.6 is 11.3 Å². The van der Waals surface area contributed by atoms with Gasteiger partial charge in [-0.25, -0.2) is 4.39 Å². The zero-order valence-corrected chi connectivity index (χ0v) is 10.9. The first kappa shape index (κ1) is 12.7. The van der Waals surface area contributed by atoms with E-state index in [2.05, 4.69) is 24.4 Å². The Morgan fingerprint density at radius 1 is 1.28 bits per heavy atom. The zero-order chi connectivity index (χ0) is 13.0. The first-order chi connectivity index (χ1) is 8.69. The number of hydrogen-bond acceptors (Lipinski definition) is 3. The van der Waals surface area contributed by atoms with Gasteiger partial charge in [0.15, 0.2) is 0 Å². The molecule has 2 aromatic rings. The summed E-state index contributed by atoms with van der Waals surface area (Å²) < 4.78 is 13.5. The summed E-state index contributed by atoms with van der Waals surface area (Å²) in [6.45, 7) is 3.21. The predicted molar refractivity (Wildman–Crippen MR) is 70.7 cm³/mol. The summed E-state index contributed by atoms with van der Waals surface area (Å²) in [6.07, 6.45) is 0. The van der Waals surface area contributed by atoms with Crippen LogP contribution in [0.3, 0.4) is 0 Å². The Labute approximate surface area is 110 Å². The van der Waals surface area contributed by atoms with Crippen molar-refractivity contribution in [2.24, 2.45) is 0 Å². The summed E-state index contributed by atoms with van der Waals surface area (Å²) >= 11 is 1.73. The first-order valence-electron chi connectivity index (χ1n) is 5.63. The highest BCUT2D eigenvalue weighted by Crippen LogP contribution is 2.15. The minimum Gasteiger partial charge on any atom is -0.308 e. The lowest BCUT2D eigenvalue weighted by Gasteiger charge is -2.05. The van der Waals surface area contributed by atoms with E-state index in [4.69, 9.17) is 5.26 Å². The summed E-state index contributed by atoms with van der Waals surface area (Å²) in [5.74, 6) is -0.274. The molecule has 0 fully saturated rings. The Bertz CT molecular complexity index is 584. The van der Waals surface area contributed by atoms with Crippen LogP contribution < -0.4 is 5.32 Å². The number of nitrogens with one attached hydrogen (secondary N) is 1. The Kier molecular flexibility index (Phi) is 4.08. The van der Waals surface area contributed by atoms with Gasteiger partial charge in [0.2, 0.25) is 0 Å². The van der Waals surface area contributed by atoms with E-state index in [1.54, 1.807) is 17.4 Å². The Hall–Kier alpha value is -1.70. The number of nitrogens with zero attached hydrogens (tertiary/aromatic N) is 1. The van der Waals surface area contributed by atoms with Crippen molar-refractivity contribution in [3.63, 3.8) is 0 Å². The van der Waals surface area contributed by atoms with E-state index in [0.29, 0.717) is 24.2 Å². The Morgan fingerprint density at radius 2 is 2.11 bits per heavy atom. The smallest absolute Gasteiger partial charge is 0.127 e. The highest BCUT2D eigenvalue weighted by Gasteiger charge is 2.03. The van der Waals surface area contributed by atoms with Gasteiger partial charge in [0.25, 0.3) is 0 Å². The summed E-state index contributed by atoms with van der Waals surface area (Å²) in [5, 5.41) is 12.0. The van der Waals surface area contributed by atoms with Crippen molar-refractivity contribution in [1.29, 1.82) is 5.26 Å². The number of benzene rings is 1. The highest BCUT2D eigenvalue weighted by atomic mass is 32.1. The molecule has 4 heteroatoms. The van der Waals surface area contributed by atoms with Crippen LogP contribution in [0.25, 0.3) is 0 Å². The average Bonchev–Trinajstić information content (AvgIpc) is 2.77. The number of hydrogen-bond donors (Lipinski definition) is 1. The molecule has 0 aliphatic carbocycles. The van der Waals surface area contributed by atoms with Crippen molar-refractivity contribution in [2.45, 2.75) is 20.0 Å². The lowest BCUT2D eigenvalue weighted by molar-refractivity contribution is 0.589. The Morgan fingerprint density at radius 3 is 2.78 bits per heavy atom. The minimum atomic E-state index is -0.274. The molecule has 2 rings (SSSR count). The second-order valence-corrected chi connectivity index (χ2v) is 5.41. The van der Waals surface area contributed by atoms with Gasteiger partial charge in [-0.2, -0.15) is 5.26 Å². The molecule has 0 bridgehead atoms. The zero-order valence-electron chi connectivity index (χ0n) is 10.0. The van der Waals surface area contributed by atoms with E-state index in [1.807, 2.05) is 6.07 Å². The molecule has 1 aromatic heterocycles. The number of halogens is 1. The Balaban J connectivity index is 1.96. The molecule has 0 unspecified atom stereocenters. The van der Waals surface area contributed by atoms with Gasteiger partial charge in [-0.3, -0.25) is 0 Å². The summed E-state index contributed by atoms with van der Waals surface area (Å²) in [5.41, 5.74) is 1.02. The lowest BCUT2D eigenvalue weighted by atomic mass is 10.1. The van der Waals surface area contributed by atoms with Crippen LogP contribution in [-0.4, -0.2) is 0 Å². The van der Waals surface area contributed by atoms with Crippen LogP contribution in [0.1, 0.15) is 20.9 Å². The fourth-order valence-corrected chi connectivity index (χ4v) is 2.54. The number of nitriles is 1. The van der Waals surface area contributed by atoms with Gasteiger partial charge < -0.3 is 5.32 Å². The highest BCUT2D eigenvalue weighted by molar-refractivity contribution is 7.11. The van der Waals surface area contributed by atoms with Gasteiger partial charge in [0.05, 0.1) is 11.6 Å². The van der Waals surface area contributed by atoms with Crippen molar-refractivity contribution in [1.82, 2.24) is 5.32 Å². The van der Waals surface area contributed by atoms with Gasteiger partial charge in [-0.15, -0.1) is 11.3 Å². The van der Waals surface area contributed by atoms with Crippen LogP contribution in [0.5, 0.6) is 0 Å². The maximum atomic E-state index is 13.5. The van der Waals surface area contributed by atoms with Gasteiger partial charge in [0.1, 0.15) is 5.82 Å². The van der Waals surface area contributed by atoms with E-state index in [-0.39, 0.29) is 5.82 Å². The second-order valence-electron chi connectivity index (χ2n) is 4.03. The maximum absolute atomic E-state index is 13.5. The summed E-state index contributed by atoms with van der Waals surface area (Å²) in [6, 6.07) is 10.6. The molecular formula is C14H13FN2S. The topological polar surface area (TPSA) is 35.8 Å². The largest absolute Gasteiger partial charge is 0.308 e. The molecule has 1 aromatic carbocycles. The molecule has 1 heterocycles. The molecule has 0 saturated heterocycles. The molecule has 0 saturated carbocycles. The fraction of sp³-hybridized carbons (Fsp3) is 0.214. The molecule has 92 valence electrons. The van der Waals surface area contributed by atoms with Crippen molar-refractivity contribution in [3.8, 4) is 6.07 Å². The fourth-order valence-electron chi connectivity index (χ4n) is 1.68. The van der Waals surface area contributed by atoms with E-state index in [9.17, 15) is 4.39 Å². The van der Waals surface area contributed by atoms with E-state index >= 15 is 0 Å². The molecule has 18 heavy (non-hydrogen) atoms. The van der Waals surface area contributed by atoms with Gasteiger partial charge in [-0.05, 0) is 37.3 Å². The minimum absolute atomic E-state index is 0.274. The van der Waals surface area contributed by atoms with Crippen molar-refractivity contribution < 1.29 is 4.39 Å². The monoisotopic (exact) mass is 260 g/mol. The molecule has 1 N–H and O–H groups in total. The quantitative estimate of drug-likeness (QED) is 0.915. The molecule has 2 nitrogen and oxygen atoms in total. The molecule has 0 spiro atoms. The number of aryl methyl sites for hydroxylation is 1. The molecule has 0 aliphatic heterocycles. The molecule has 0 aliphatic rings. The van der Waals surface area contributed by atoms with Crippen LogP contribution in [-0.2, 0) is 13.1 Å². The van der Waals surface area contributed by atoms with Crippen LogP contribution in [0, 0.1) is 24.1 Å². The maximum Gasteiger partial charge on any atom is 0.127 e. The standard InChI is InChI=1S/C14H13FN2S/c1-10-2-4-13(18-10)9-17-8-12-6-11(7-16)3-5-14(12)15/h2-6,17H,8-9H2,1H3. The summed E-state index contributed by atoms with van der Waals surface area (Å²) in [7, 11) is 0. The van der Waals surface area contributed by atoms with E-state index in [1.165, 1.54) is 21.9 Å². The molecule has 0 radical (unpaired) electrons. The third-order valence-electron chi connectivity index (χ3n) is 2.59. The third-order valence-corrected chi connectivity index (χ3v) is 3.59. The third kappa shape index (κ3) is 3.16. The van der Waals surface area contributed by atoms with Crippen LogP contribution in [0.4, 0.5) is 4.39 Å².